The van der Waals surface area contributed by atoms with Crippen LogP contribution >= 0.6 is 0 Å². The molecule has 1 amide bonds. The lowest BCUT2D eigenvalue weighted by Gasteiger charge is -2.32. The van der Waals surface area contributed by atoms with Gasteiger partial charge in [-0.3, -0.25) is 4.79 Å². The summed E-state index contributed by atoms with van der Waals surface area (Å²) in [6, 6.07) is 7.11. The molecule has 41 heavy (non-hydrogen) atoms. The van der Waals surface area contributed by atoms with Gasteiger partial charge in [-0.25, -0.2) is 23.1 Å². The van der Waals surface area contributed by atoms with Crippen molar-refractivity contribution in [2.75, 3.05) is 31.1 Å². The molecule has 2 fully saturated rings. The molecule has 0 radical (unpaired) electrons. The summed E-state index contributed by atoms with van der Waals surface area (Å²) < 4.78 is 49.7. The Morgan fingerprint density at radius 2 is 1.83 bits per heavy atom. The van der Waals surface area contributed by atoms with Crippen molar-refractivity contribution in [3.63, 3.8) is 0 Å². The number of piperidine rings is 1. The molecule has 12 heteroatoms. The maximum atomic E-state index is 15.3. The number of benzene rings is 2. The smallest absolute Gasteiger partial charge is 0.263 e. The van der Waals surface area contributed by atoms with Crippen LogP contribution in [0, 0.1) is 11.6 Å². The lowest BCUT2D eigenvalue weighted by Crippen LogP contribution is -2.34. The highest BCUT2D eigenvalue weighted by molar-refractivity contribution is 6.00. The molecule has 214 valence electrons. The summed E-state index contributed by atoms with van der Waals surface area (Å²) in [5.41, 5.74) is -0.542. The molecule has 4 aromatic rings. The Labute approximate surface area is 234 Å². The first kappa shape index (κ1) is 27.1. The predicted molar refractivity (Wildman–Crippen MR) is 144 cm³/mol. The van der Waals surface area contributed by atoms with Crippen LogP contribution in [-0.4, -0.2) is 68.3 Å². The van der Waals surface area contributed by atoms with E-state index >= 15 is 8.78 Å². The number of hydrogen-bond donors (Lipinski definition) is 1. The molecule has 0 spiro atoms. The first-order valence-electron chi connectivity index (χ1n) is 13.6. The summed E-state index contributed by atoms with van der Waals surface area (Å²) in [5, 5.41) is 13.9. The van der Waals surface area contributed by atoms with Crippen LogP contribution in [0.5, 0.6) is 0 Å². The van der Waals surface area contributed by atoms with Gasteiger partial charge in [-0.15, -0.1) is 0 Å². The van der Waals surface area contributed by atoms with Crippen LogP contribution in [0.25, 0.3) is 22.0 Å². The molecule has 2 aromatic heterocycles. The zero-order chi connectivity index (χ0) is 28.9. The number of rotatable bonds is 5. The molecule has 0 saturated carbocycles. The van der Waals surface area contributed by atoms with E-state index in [2.05, 4.69) is 20.1 Å². The SMILES string of the molecule is CC(C)(F)c1nc(C2CCN(c3ncnc4c(-c5ccc(C(=O)N6CCC(O)C6)c(F)c5)ccc(F)c34)CC2)no1. The summed E-state index contributed by atoms with van der Waals surface area (Å²) in [7, 11) is 0. The lowest BCUT2D eigenvalue weighted by molar-refractivity contribution is 0.0760. The van der Waals surface area contributed by atoms with E-state index in [0.717, 1.165) is 0 Å². The van der Waals surface area contributed by atoms with Gasteiger partial charge in [-0.05, 0) is 62.9 Å². The largest absolute Gasteiger partial charge is 0.391 e. The number of alkyl halides is 1. The van der Waals surface area contributed by atoms with Crippen molar-refractivity contribution in [3.8, 4) is 11.1 Å². The van der Waals surface area contributed by atoms with E-state index in [9.17, 15) is 14.3 Å². The van der Waals surface area contributed by atoms with Crippen LogP contribution in [0.3, 0.4) is 0 Å². The number of halogens is 3. The van der Waals surface area contributed by atoms with Gasteiger partial charge in [-0.1, -0.05) is 11.2 Å². The van der Waals surface area contributed by atoms with E-state index < -0.39 is 29.3 Å². The van der Waals surface area contributed by atoms with E-state index in [1.165, 1.54) is 49.3 Å². The Morgan fingerprint density at radius 1 is 1.05 bits per heavy atom. The van der Waals surface area contributed by atoms with Gasteiger partial charge >= 0.3 is 0 Å². The normalized spacial score (nSPS) is 18.4. The molecule has 2 aromatic carbocycles. The second kappa shape index (κ2) is 10.4. The number of fused-ring (bicyclic) bond motifs is 1. The van der Waals surface area contributed by atoms with Crippen molar-refractivity contribution in [3.05, 3.63) is 65.6 Å². The van der Waals surface area contributed by atoms with E-state index in [-0.39, 0.29) is 29.3 Å². The van der Waals surface area contributed by atoms with Gasteiger partial charge < -0.3 is 19.4 Å². The highest BCUT2D eigenvalue weighted by Crippen LogP contribution is 2.37. The third kappa shape index (κ3) is 5.12. The van der Waals surface area contributed by atoms with Crippen molar-refractivity contribution in [1.82, 2.24) is 25.0 Å². The summed E-state index contributed by atoms with van der Waals surface area (Å²) in [6.07, 6.45) is 2.48. The van der Waals surface area contributed by atoms with Crippen molar-refractivity contribution in [1.29, 1.82) is 0 Å². The second-order valence-electron chi connectivity index (χ2n) is 11.1. The van der Waals surface area contributed by atoms with Crippen molar-refractivity contribution >= 4 is 22.6 Å². The van der Waals surface area contributed by atoms with Crippen LogP contribution in [0.15, 0.2) is 41.2 Å². The van der Waals surface area contributed by atoms with Gasteiger partial charge in [0.25, 0.3) is 11.8 Å². The molecule has 2 aliphatic heterocycles. The van der Waals surface area contributed by atoms with Crippen molar-refractivity contribution < 1.29 is 27.6 Å². The average Bonchev–Trinajstić information content (AvgIpc) is 3.63. The number of carbonyl (C=O) groups excluding carboxylic acids is 1. The molecule has 6 rings (SSSR count). The quantitative estimate of drug-likeness (QED) is 0.369. The number of aromatic nitrogens is 4. The number of hydrogen-bond acceptors (Lipinski definition) is 8. The summed E-state index contributed by atoms with van der Waals surface area (Å²) >= 11 is 0. The number of β-amino-alcohol motifs (C(OH)–C–C–N with tert-alkyl or cyclic N) is 1. The van der Waals surface area contributed by atoms with Crippen LogP contribution < -0.4 is 4.90 Å². The van der Waals surface area contributed by atoms with Gasteiger partial charge in [0.15, 0.2) is 11.5 Å². The predicted octanol–water partition coefficient (Wildman–Crippen LogP) is 4.75. The zero-order valence-corrected chi connectivity index (χ0v) is 22.6. The Kier molecular flexibility index (Phi) is 6.88. The van der Waals surface area contributed by atoms with Gasteiger partial charge in [0.1, 0.15) is 23.8 Å². The van der Waals surface area contributed by atoms with Gasteiger partial charge in [0, 0.05) is 37.7 Å². The molecule has 1 atom stereocenters. The van der Waals surface area contributed by atoms with E-state index in [1.807, 2.05) is 4.90 Å². The molecule has 1 N–H and O–H groups in total. The van der Waals surface area contributed by atoms with Crippen LogP contribution in [0.1, 0.15) is 61.1 Å². The summed E-state index contributed by atoms with van der Waals surface area (Å²) in [4.78, 5) is 29.1. The molecule has 2 aliphatic rings. The lowest BCUT2D eigenvalue weighted by atomic mass is 9.95. The molecule has 2 saturated heterocycles. The van der Waals surface area contributed by atoms with E-state index in [1.54, 1.807) is 6.07 Å². The van der Waals surface area contributed by atoms with E-state index in [4.69, 9.17) is 4.52 Å². The monoisotopic (exact) mass is 566 g/mol. The summed E-state index contributed by atoms with van der Waals surface area (Å²) in [5.74, 6) is -0.906. The van der Waals surface area contributed by atoms with Crippen LogP contribution in [0.4, 0.5) is 19.0 Å². The van der Waals surface area contributed by atoms with Crippen molar-refractivity contribution in [2.24, 2.45) is 0 Å². The Bertz CT molecular complexity index is 1610. The number of carbonyl (C=O) groups is 1. The third-order valence-corrected chi connectivity index (χ3v) is 7.79. The van der Waals surface area contributed by atoms with Gasteiger partial charge in [0.05, 0.1) is 22.6 Å². The minimum atomic E-state index is -1.72. The fraction of sp³-hybridized carbons (Fsp3) is 0.414. The Balaban J connectivity index is 1.26. The first-order chi connectivity index (χ1) is 19.6. The molecule has 0 aliphatic carbocycles. The van der Waals surface area contributed by atoms with Crippen LogP contribution in [0.2, 0.25) is 0 Å². The fourth-order valence-electron chi connectivity index (χ4n) is 5.54. The second-order valence-corrected chi connectivity index (χ2v) is 11.1. The highest BCUT2D eigenvalue weighted by atomic mass is 19.1. The number of likely N-dealkylation sites (tertiary alicyclic amines) is 1. The third-order valence-electron chi connectivity index (χ3n) is 7.79. The number of aliphatic hydroxyl groups excluding tert-OH is 1. The topological polar surface area (TPSA) is 108 Å². The number of anilines is 1. The maximum Gasteiger partial charge on any atom is 0.263 e. The maximum absolute atomic E-state index is 15.3. The summed E-state index contributed by atoms with van der Waals surface area (Å²) in [6.45, 7) is 4.32. The molecule has 4 heterocycles. The fourth-order valence-corrected chi connectivity index (χ4v) is 5.54. The van der Waals surface area contributed by atoms with Gasteiger partial charge in [-0.2, -0.15) is 4.98 Å². The molecular weight excluding hydrogens is 537 g/mol. The standard InChI is InChI=1S/C29H29F3N6O3/c1-29(2,32)28-35-25(36-41-28)16-7-10-37(11-8-16)26-23-21(30)6-5-19(24(23)33-15-34-26)17-3-4-20(22(31)13-17)27(40)38-12-9-18(39)14-38/h3-6,13,15-16,18,39H,7-12,14H2,1-2H3. The Hall–Kier alpha value is -4.06. The number of aliphatic hydroxyl groups is 1. The Morgan fingerprint density at radius 3 is 2.49 bits per heavy atom. The van der Waals surface area contributed by atoms with E-state index in [0.29, 0.717) is 67.2 Å². The van der Waals surface area contributed by atoms with Crippen molar-refractivity contribution in [2.45, 2.75) is 50.8 Å². The zero-order valence-electron chi connectivity index (χ0n) is 22.6. The highest BCUT2D eigenvalue weighted by Gasteiger charge is 2.32. The molecule has 9 nitrogen and oxygen atoms in total. The molecule has 1 unspecified atom stereocenters. The average molecular weight is 567 g/mol. The molecule has 0 bridgehead atoms. The number of nitrogens with zero attached hydrogens (tertiary/aromatic N) is 6. The van der Waals surface area contributed by atoms with Gasteiger partial charge in [0.2, 0.25) is 0 Å². The number of amides is 1. The molecular formula is C29H29F3N6O3. The first-order valence-corrected chi connectivity index (χ1v) is 13.6. The minimum Gasteiger partial charge on any atom is -0.391 e. The van der Waals surface area contributed by atoms with Crippen LogP contribution in [-0.2, 0) is 5.67 Å². The minimum absolute atomic E-state index is 0.0346.